The van der Waals surface area contributed by atoms with E-state index in [0.29, 0.717) is 18.2 Å². The molecular weight excluding hydrogens is 166 g/mol. The number of rotatable bonds is 3. The molecule has 1 aromatic rings. The maximum absolute atomic E-state index is 9.42. The van der Waals surface area contributed by atoms with Crippen molar-refractivity contribution in [2.45, 2.75) is 26.4 Å². The maximum Gasteiger partial charge on any atom is 0.161 e. The minimum atomic E-state index is -0.0666. The summed E-state index contributed by atoms with van der Waals surface area (Å²) >= 11 is 0. The first-order valence-corrected chi connectivity index (χ1v) is 4.34. The Kier molecular flexibility index (Phi) is 3.14. The SMILES string of the molecule is CC(C)NCc1cccc(O)c1O. The average molecular weight is 181 g/mol. The third-order valence-electron chi connectivity index (χ3n) is 1.80. The van der Waals surface area contributed by atoms with Gasteiger partial charge in [0, 0.05) is 18.2 Å². The van der Waals surface area contributed by atoms with E-state index in [2.05, 4.69) is 5.32 Å². The summed E-state index contributed by atoms with van der Waals surface area (Å²) in [4.78, 5) is 0. The predicted octanol–water partition coefficient (Wildman–Crippen LogP) is 1.60. The summed E-state index contributed by atoms with van der Waals surface area (Å²) in [5.41, 5.74) is 0.716. The minimum Gasteiger partial charge on any atom is -0.504 e. The van der Waals surface area contributed by atoms with Crippen molar-refractivity contribution < 1.29 is 10.2 Å². The Hall–Kier alpha value is -1.22. The molecule has 0 unspecified atom stereocenters. The smallest absolute Gasteiger partial charge is 0.161 e. The first-order valence-electron chi connectivity index (χ1n) is 4.34. The van der Waals surface area contributed by atoms with Crippen LogP contribution in [-0.2, 0) is 6.54 Å². The molecular formula is C10H15NO2. The molecule has 1 aromatic carbocycles. The highest BCUT2D eigenvalue weighted by atomic mass is 16.3. The Bertz CT molecular complexity index is 284. The fraction of sp³-hybridized carbons (Fsp3) is 0.400. The molecule has 0 saturated carbocycles. The van der Waals surface area contributed by atoms with E-state index in [1.807, 2.05) is 13.8 Å². The molecule has 0 radical (unpaired) electrons. The van der Waals surface area contributed by atoms with Gasteiger partial charge in [-0.05, 0) is 6.07 Å². The molecule has 0 fully saturated rings. The number of phenolic OH excluding ortho intramolecular Hbond substituents is 2. The number of para-hydroxylation sites is 1. The van der Waals surface area contributed by atoms with Gasteiger partial charge >= 0.3 is 0 Å². The van der Waals surface area contributed by atoms with Crippen molar-refractivity contribution in [1.82, 2.24) is 5.32 Å². The second-order valence-electron chi connectivity index (χ2n) is 3.32. The first kappa shape index (κ1) is 9.86. The lowest BCUT2D eigenvalue weighted by molar-refractivity contribution is 0.396. The molecule has 0 amide bonds. The van der Waals surface area contributed by atoms with Gasteiger partial charge in [-0.15, -0.1) is 0 Å². The van der Waals surface area contributed by atoms with Gasteiger partial charge in [-0.1, -0.05) is 26.0 Å². The molecule has 0 heterocycles. The van der Waals surface area contributed by atoms with Crippen LogP contribution in [0.15, 0.2) is 18.2 Å². The quantitative estimate of drug-likeness (QED) is 0.621. The zero-order chi connectivity index (χ0) is 9.84. The standard InChI is InChI=1S/C10H15NO2/c1-7(2)11-6-8-4-3-5-9(12)10(8)13/h3-5,7,11-13H,6H2,1-2H3. The molecule has 0 saturated heterocycles. The van der Waals surface area contributed by atoms with E-state index in [4.69, 9.17) is 0 Å². The molecule has 13 heavy (non-hydrogen) atoms. The Morgan fingerprint density at radius 2 is 2.00 bits per heavy atom. The van der Waals surface area contributed by atoms with Crippen molar-refractivity contribution in [3.05, 3.63) is 23.8 Å². The van der Waals surface area contributed by atoms with Crippen molar-refractivity contribution in [2.24, 2.45) is 0 Å². The monoisotopic (exact) mass is 181 g/mol. The van der Waals surface area contributed by atoms with E-state index in [1.54, 1.807) is 12.1 Å². The van der Waals surface area contributed by atoms with Crippen LogP contribution in [0.25, 0.3) is 0 Å². The van der Waals surface area contributed by atoms with E-state index >= 15 is 0 Å². The van der Waals surface area contributed by atoms with Gasteiger partial charge in [-0.25, -0.2) is 0 Å². The number of hydrogen-bond donors (Lipinski definition) is 3. The molecule has 0 bridgehead atoms. The highest BCUT2D eigenvalue weighted by Gasteiger charge is 2.05. The lowest BCUT2D eigenvalue weighted by atomic mass is 10.2. The van der Waals surface area contributed by atoms with Crippen LogP contribution in [0.5, 0.6) is 11.5 Å². The zero-order valence-corrected chi connectivity index (χ0v) is 7.91. The third kappa shape index (κ3) is 2.63. The highest BCUT2D eigenvalue weighted by Crippen LogP contribution is 2.27. The Labute approximate surface area is 78.0 Å². The minimum absolute atomic E-state index is 0.0318. The van der Waals surface area contributed by atoms with Crippen LogP contribution >= 0.6 is 0 Å². The highest BCUT2D eigenvalue weighted by molar-refractivity contribution is 5.44. The van der Waals surface area contributed by atoms with Gasteiger partial charge in [-0.3, -0.25) is 0 Å². The van der Waals surface area contributed by atoms with Crippen LogP contribution in [-0.4, -0.2) is 16.3 Å². The van der Waals surface area contributed by atoms with Gasteiger partial charge in [0.15, 0.2) is 11.5 Å². The van der Waals surface area contributed by atoms with Crippen LogP contribution < -0.4 is 5.32 Å². The van der Waals surface area contributed by atoms with Crippen LogP contribution in [0.2, 0.25) is 0 Å². The summed E-state index contributed by atoms with van der Waals surface area (Å²) in [7, 11) is 0. The van der Waals surface area contributed by atoms with Crippen LogP contribution in [0.4, 0.5) is 0 Å². The number of hydrogen-bond acceptors (Lipinski definition) is 3. The Morgan fingerprint density at radius 1 is 1.31 bits per heavy atom. The second-order valence-corrected chi connectivity index (χ2v) is 3.32. The molecule has 3 N–H and O–H groups in total. The first-order chi connectivity index (χ1) is 6.11. The average Bonchev–Trinajstić information content (AvgIpc) is 2.07. The lowest BCUT2D eigenvalue weighted by Crippen LogP contribution is -2.21. The predicted molar refractivity (Wildman–Crippen MR) is 51.7 cm³/mol. The molecule has 3 heteroatoms. The van der Waals surface area contributed by atoms with E-state index in [0.717, 1.165) is 0 Å². The van der Waals surface area contributed by atoms with Gasteiger partial charge < -0.3 is 15.5 Å². The summed E-state index contributed by atoms with van der Waals surface area (Å²) in [6.45, 7) is 4.62. The zero-order valence-electron chi connectivity index (χ0n) is 7.91. The lowest BCUT2D eigenvalue weighted by Gasteiger charge is -2.09. The second kappa shape index (κ2) is 4.14. The van der Waals surface area contributed by atoms with Crippen LogP contribution in [0.1, 0.15) is 19.4 Å². The van der Waals surface area contributed by atoms with Gasteiger partial charge in [0.1, 0.15) is 0 Å². The maximum atomic E-state index is 9.42. The molecule has 0 spiro atoms. The van der Waals surface area contributed by atoms with Crippen molar-refractivity contribution in [3.8, 4) is 11.5 Å². The molecule has 72 valence electrons. The molecule has 3 nitrogen and oxygen atoms in total. The van der Waals surface area contributed by atoms with E-state index in [-0.39, 0.29) is 11.5 Å². The molecule has 0 aliphatic rings. The Balaban J connectivity index is 2.71. The molecule has 0 aromatic heterocycles. The van der Waals surface area contributed by atoms with E-state index in [9.17, 15) is 10.2 Å². The Morgan fingerprint density at radius 3 is 2.62 bits per heavy atom. The third-order valence-corrected chi connectivity index (χ3v) is 1.80. The van der Waals surface area contributed by atoms with Crippen molar-refractivity contribution in [3.63, 3.8) is 0 Å². The van der Waals surface area contributed by atoms with Crippen molar-refractivity contribution in [1.29, 1.82) is 0 Å². The topological polar surface area (TPSA) is 52.5 Å². The largest absolute Gasteiger partial charge is 0.504 e. The molecule has 0 aliphatic carbocycles. The summed E-state index contributed by atoms with van der Waals surface area (Å²) in [6, 6.07) is 5.33. The van der Waals surface area contributed by atoms with Gasteiger partial charge in [0.2, 0.25) is 0 Å². The molecule has 0 atom stereocenters. The summed E-state index contributed by atoms with van der Waals surface area (Å²) < 4.78 is 0. The van der Waals surface area contributed by atoms with Gasteiger partial charge in [0.25, 0.3) is 0 Å². The van der Waals surface area contributed by atoms with Crippen molar-refractivity contribution in [2.75, 3.05) is 0 Å². The van der Waals surface area contributed by atoms with Gasteiger partial charge in [-0.2, -0.15) is 0 Å². The normalized spacial score (nSPS) is 10.7. The fourth-order valence-corrected chi connectivity index (χ4v) is 1.03. The van der Waals surface area contributed by atoms with Crippen LogP contribution in [0, 0.1) is 0 Å². The number of benzene rings is 1. The number of phenols is 2. The number of nitrogens with one attached hydrogen (secondary N) is 1. The number of aromatic hydroxyl groups is 2. The summed E-state index contributed by atoms with van der Waals surface area (Å²) in [5.74, 6) is -0.0984. The summed E-state index contributed by atoms with van der Waals surface area (Å²) in [6.07, 6.45) is 0. The molecule has 1 rings (SSSR count). The fourth-order valence-electron chi connectivity index (χ4n) is 1.03. The van der Waals surface area contributed by atoms with E-state index in [1.165, 1.54) is 6.07 Å². The molecule has 0 aliphatic heterocycles. The summed E-state index contributed by atoms with van der Waals surface area (Å²) in [5, 5.41) is 21.8. The van der Waals surface area contributed by atoms with Crippen LogP contribution in [0.3, 0.4) is 0 Å². The van der Waals surface area contributed by atoms with Gasteiger partial charge in [0.05, 0.1) is 0 Å². The van der Waals surface area contributed by atoms with Crippen molar-refractivity contribution >= 4 is 0 Å². The van der Waals surface area contributed by atoms with E-state index < -0.39 is 0 Å².